The lowest BCUT2D eigenvalue weighted by atomic mass is 10.0. The Morgan fingerprint density at radius 3 is 2.70 bits per heavy atom. The van der Waals surface area contributed by atoms with Crippen LogP contribution in [0.4, 0.5) is 0 Å². The maximum Gasteiger partial charge on any atom is 0.326 e. The van der Waals surface area contributed by atoms with Gasteiger partial charge in [0.05, 0.1) is 0 Å². The number of carbonyl (C=O) groups excluding carboxylic acids is 1. The normalized spacial score (nSPS) is 18.4. The Balaban J connectivity index is 1.69. The number of hydrogen-bond donors (Lipinski definition) is 2. The van der Waals surface area contributed by atoms with Crippen LogP contribution in [0, 0.1) is 5.92 Å². The molecule has 20 heavy (non-hydrogen) atoms. The summed E-state index contributed by atoms with van der Waals surface area (Å²) in [6, 6.07) is 4.94. The zero-order valence-corrected chi connectivity index (χ0v) is 11.4. The highest BCUT2D eigenvalue weighted by Crippen LogP contribution is 2.33. The van der Waals surface area contributed by atoms with E-state index in [0.717, 1.165) is 32.1 Å². The van der Waals surface area contributed by atoms with Crippen molar-refractivity contribution in [1.82, 2.24) is 5.32 Å². The van der Waals surface area contributed by atoms with Crippen LogP contribution in [0.5, 0.6) is 0 Å². The van der Waals surface area contributed by atoms with E-state index in [-0.39, 0.29) is 5.91 Å². The first-order valence-electron chi connectivity index (χ1n) is 7.29. The molecule has 4 heteroatoms. The van der Waals surface area contributed by atoms with Crippen LogP contribution in [0.1, 0.15) is 47.2 Å². The van der Waals surface area contributed by atoms with Crippen LogP contribution < -0.4 is 5.32 Å². The van der Waals surface area contributed by atoms with E-state index in [1.165, 1.54) is 11.1 Å². The second kappa shape index (κ2) is 5.27. The Kier molecular flexibility index (Phi) is 3.47. The van der Waals surface area contributed by atoms with Crippen LogP contribution >= 0.6 is 0 Å². The zero-order chi connectivity index (χ0) is 14.1. The number of nitrogens with one attached hydrogen (secondary N) is 1. The average molecular weight is 273 g/mol. The number of amides is 1. The van der Waals surface area contributed by atoms with Crippen LogP contribution in [0.3, 0.4) is 0 Å². The number of benzene rings is 1. The van der Waals surface area contributed by atoms with E-state index in [1.807, 2.05) is 12.1 Å². The maximum absolute atomic E-state index is 12.2. The summed E-state index contributed by atoms with van der Waals surface area (Å²) in [5, 5.41) is 11.8. The first kappa shape index (κ1) is 13.2. The summed E-state index contributed by atoms with van der Waals surface area (Å²) in [5.74, 6) is -0.740. The Labute approximate surface area is 118 Å². The minimum atomic E-state index is -0.939. The van der Waals surface area contributed by atoms with E-state index in [1.54, 1.807) is 6.07 Å². The number of carbonyl (C=O) groups is 2. The summed E-state index contributed by atoms with van der Waals surface area (Å²) in [6.07, 6.45) is 5.94. The van der Waals surface area contributed by atoms with Crippen molar-refractivity contribution < 1.29 is 14.7 Å². The van der Waals surface area contributed by atoms with Crippen molar-refractivity contribution in [2.24, 2.45) is 5.92 Å². The molecule has 2 N–H and O–H groups in total. The van der Waals surface area contributed by atoms with Gasteiger partial charge in [-0.05, 0) is 54.9 Å². The summed E-state index contributed by atoms with van der Waals surface area (Å²) in [5.41, 5.74) is 3.12. The van der Waals surface area contributed by atoms with Crippen LogP contribution in [0.25, 0.3) is 0 Å². The number of fused-ring (bicyclic) bond motifs is 1. The van der Waals surface area contributed by atoms with Crippen LogP contribution in [-0.4, -0.2) is 23.0 Å². The van der Waals surface area contributed by atoms with Crippen LogP contribution in [0.2, 0.25) is 0 Å². The second-order valence-corrected chi connectivity index (χ2v) is 5.88. The van der Waals surface area contributed by atoms with E-state index in [4.69, 9.17) is 0 Å². The molecule has 2 aliphatic rings. The maximum atomic E-state index is 12.2. The molecule has 2 aliphatic carbocycles. The fourth-order valence-electron chi connectivity index (χ4n) is 2.86. The van der Waals surface area contributed by atoms with Gasteiger partial charge in [0.25, 0.3) is 5.91 Å². The predicted molar refractivity (Wildman–Crippen MR) is 74.7 cm³/mol. The molecule has 1 aromatic rings. The number of carboxylic acid groups (broad SMARTS) is 1. The molecule has 1 atom stereocenters. The van der Waals surface area contributed by atoms with Gasteiger partial charge in [0, 0.05) is 5.56 Å². The standard InChI is InChI=1S/C16H19NO3/c18-15(17-14(16(19)20)8-10-4-5-10)13-7-6-11-2-1-3-12(11)9-13/h6-7,9-10,14H,1-5,8H2,(H,17,18)(H,19,20). The molecule has 0 bridgehead atoms. The third-order valence-electron chi connectivity index (χ3n) is 4.23. The molecule has 1 saturated carbocycles. The van der Waals surface area contributed by atoms with E-state index in [2.05, 4.69) is 5.32 Å². The average Bonchev–Trinajstić information content (AvgIpc) is 3.12. The number of rotatable bonds is 5. The van der Waals surface area contributed by atoms with E-state index < -0.39 is 12.0 Å². The minimum Gasteiger partial charge on any atom is -0.480 e. The minimum absolute atomic E-state index is 0.271. The topological polar surface area (TPSA) is 66.4 Å². The summed E-state index contributed by atoms with van der Waals surface area (Å²) in [6.45, 7) is 0. The van der Waals surface area contributed by atoms with Crippen molar-refractivity contribution in [2.45, 2.75) is 44.6 Å². The highest BCUT2D eigenvalue weighted by atomic mass is 16.4. The van der Waals surface area contributed by atoms with Gasteiger partial charge < -0.3 is 10.4 Å². The second-order valence-electron chi connectivity index (χ2n) is 5.88. The van der Waals surface area contributed by atoms with Gasteiger partial charge in [0.2, 0.25) is 0 Å². The fraction of sp³-hybridized carbons (Fsp3) is 0.500. The van der Waals surface area contributed by atoms with E-state index in [0.29, 0.717) is 17.9 Å². The largest absolute Gasteiger partial charge is 0.480 e. The fourth-order valence-corrected chi connectivity index (χ4v) is 2.86. The summed E-state index contributed by atoms with van der Waals surface area (Å²) in [4.78, 5) is 23.4. The lowest BCUT2D eigenvalue weighted by Gasteiger charge is -2.14. The van der Waals surface area contributed by atoms with Gasteiger partial charge in [-0.25, -0.2) is 4.79 Å². The van der Waals surface area contributed by atoms with Crippen molar-refractivity contribution in [3.63, 3.8) is 0 Å². The third kappa shape index (κ3) is 2.84. The van der Waals surface area contributed by atoms with Gasteiger partial charge in [-0.2, -0.15) is 0 Å². The van der Waals surface area contributed by atoms with Crippen molar-refractivity contribution >= 4 is 11.9 Å². The summed E-state index contributed by atoms with van der Waals surface area (Å²) in [7, 11) is 0. The molecule has 0 spiro atoms. The molecule has 4 nitrogen and oxygen atoms in total. The Hall–Kier alpha value is -1.84. The third-order valence-corrected chi connectivity index (χ3v) is 4.23. The molecular weight excluding hydrogens is 254 g/mol. The molecule has 0 aromatic heterocycles. The summed E-state index contributed by atoms with van der Waals surface area (Å²) < 4.78 is 0. The highest BCUT2D eigenvalue weighted by molar-refractivity contribution is 5.96. The van der Waals surface area contributed by atoms with E-state index in [9.17, 15) is 14.7 Å². The molecule has 0 heterocycles. The smallest absolute Gasteiger partial charge is 0.326 e. The van der Waals surface area contributed by atoms with Gasteiger partial charge in [-0.3, -0.25) is 4.79 Å². The number of aliphatic carboxylic acids is 1. The van der Waals surface area contributed by atoms with E-state index >= 15 is 0 Å². The van der Waals surface area contributed by atoms with Crippen molar-refractivity contribution in [1.29, 1.82) is 0 Å². The van der Waals surface area contributed by atoms with Crippen molar-refractivity contribution in [2.75, 3.05) is 0 Å². The van der Waals surface area contributed by atoms with Gasteiger partial charge in [-0.1, -0.05) is 18.9 Å². The van der Waals surface area contributed by atoms with Gasteiger partial charge in [0.1, 0.15) is 6.04 Å². The van der Waals surface area contributed by atoms with Gasteiger partial charge >= 0.3 is 5.97 Å². The molecule has 0 radical (unpaired) electrons. The number of hydrogen-bond acceptors (Lipinski definition) is 2. The van der Waals surface area contributed by atoms with Crippen LogP contribution in [0.15, 0.2) is 18.2 Å². The highest BCUT2D eigenvalue weighted by Gasteiger charge is 2.30. The Bertz CT molecular complexity index is 549. The molecule has 0 saturated heterocycles. The lowest BCUT2D eigenvalue weighted by molar-refractivity contribution is -0.139. The molecular formula is C16H19NO3. The SMILES string of the molecule is O=C(NC(CC1CC1)C(=O)O)c1ccc2c(c1)CCC2. The Morgan fingerprint density at radius 1 is 1.25 bits per heavy atom. The molecule has 0 aliphatic heterocycles. The van der Waals surface area contributed by atoms with Crippen molar-refractivity contribution in [3.8, 4) is 0 Å². The zero-order valence-electron chi connectivity index (χ0n) is 11.4. The monoisotopic (exact) mass is 273 g/mol. The van der Waals surface area contributed by atoms with Gasteiger partial charge in [0.15, 0.2) is 0 Å². The first-order valence-corrected chi connectivity index (χ1v) is 7.29. The molecule has 1 unspecified atom stereocenters. The molecule has 1 aromatic carbocycles. The molecule has 1 amide bonds. The lowest BCUT2D eigenvalue weighted by Crippen LogP contribution is -2.41. The molecule has 3 rings (SSSR count). The molecule has 106 valence electrons. The number of aryl methyl sites for hydroxylation is 2. The Morgan fingerprint density at radius 2 is 2.00 bits per heavy atom. The van der Waals surface area contributed by atoms with Gasteiger partial charge in [-0.15, -0.1) is 0 Å². The quantitative estimate of drug-likeness (QED) is 0.864. The van der Waals surface area contributed by atoms with Crippen LogP contribution in [-0.2, 0) is 17.6 Å². The summed E-state index contributed by atoms with van der Waals surface area (Å²) >= 11 is 0. The van der Waals surface area contributed by atoms with Crippen molar-refractivity contribution in [3.05, 3.63) is 34.9 Å². The molecule has 1 fully saturated rings. The number of carboxylic acids is 1. The first-order chi connectivity index (χ1) is 9.63. The predicted octanol–water partition coefficient (Wildman–Crippen LogP) is 2.16.